The van der Waals surface area contributed by atoms with Gasteiger partial charge in [0.2, 0.25) is 17.7 Å². The number of carboxylic acids is 1. The molecule has 38 heavy (non-hydrogen) atoms. The summed E-state index contributed by atoms with van der Waals surface area (Å²) in [6, 6.07) is 10.8. The predicted octanol–water partition coefficient (Wildman–Crippen LogP) is 1.02. The van der Waals surface area contributed by atoms with Gasteiger partial charge >= 0.3 is 5.97 Å². The molecule has 0 saturated heterocycles. The van der Waals surface area contributed by atoms with E-state index in [1.54, 1.807) is 43.3 Å². The number of aliphatic carboxylic acids is 1. The number of nitrogens with two attached hydrogens (primary N) is 1. The molecule has 2 aromatic rings. The first-order valence-corrected chi connectivity index (χ1v) is 13.0. The standard InChI is InChI=1S/C27H36N4O6S/c1-3-16(2)23(27(36)37)31-26(35)22(13-17-7-5-4-6-8-17)30-25(34)21(29-24(33)20(28)15-38)14-18-9-11-19(32)12-10-18/h4-12,16,20-23,32,38H,3,13-15,28H2,1-2H3,(H,29,33)(H,30,34)(H,31,35)(H,36,37). The van der Waals surface area contributed by atoms with Gasteiger partial charge in [0.25, 0.3) is 0 Å². The zero-order valence-corrected chi connectivity index (χ0v) is 22.4. The van der Waals surface area contributed by atoms with E-state index in [-0.39, 0.29) is 30.3 Å². The lowest BCUT2D eigenvalue weighted by Gasteiger charge is -2.26. The van der Waals surface area contributed by atoms with Crippen molar-refractivity contribution in [3.8, 4) is 5.75 Å². The van der Waals surface area contributed by atoms with E-state index < -0.39 is 47.9 Å². The first kappa shape index (κ1) is 30.7. The van der Waals surface area contributed by atoms with Crippen molar-refractivity contribution < 1.29 is 29.4 Å². The monoisotopic (exact) mass is 544 g/mol. The predicted molar refractivity (Wildman–Crippen MR) is 147 cm³/mol. The fourth-order valence-corrected chi connectivity index (χ4v) is 3.87. The Morgan fingerprint density at radius 2 is 1.34 bits per heavy atom. The second kappa shape index (κ2) is 15.0. The molecule has 0 spiro atoms. The SMILES string of the molecule is CCC(C)C(NC(=O)C(Cc1ccccc1)NC(=O)C(Cc1ccc(O)cc1)NC(=O)C(N)CS)C(=O)O. The normalized spacial score (nSPS) is 14.8. The minimum Gasteiger partial charge on any atom is -0.508 e. The molecule has 0 fully saturated rings. The largest absolute Gasteiger partial charge is 0.508 e. The van der Waals surface area contributed by atoms with Crippen molar-refractivity contribution in [1.82, 2.24) is 16.0 Å². The highest BCUT2D eigenvalue weighted by Crippen LogP contribution is 2.13. The summed E-state index contributed by atoms with van der Waals surface area (Å²) in [6.45, 7) is 3.54. The Balaban J connectivity index is 2.32. The maximum absolute atomic E-state index is 13.4. The van der Waals surface area contributed by atoms with Gasteiger partial charge in [-0.05, 0) is 29.2 Å². The summed E-state index contributed by atoms with van der Waals surface area (Å²) >= 11 is 4.04. The first-order valence-electron chi connectivity index (χ1n) is 12.4. The molecular formula is C27H36N4O6S. The smallest absolute Gasteiger partial charge is 0.326 e. The van der Waals surface area contributed by atoms with E-state index in [2.05, 4.69) is 28.6 Å². The third-order valence-electron chi connectivity index (χ3n) is 6.24. The average molecular weight is 545 g/mol. The Kier molecular flexibility index (Phi) is 12.1. The summed E-state index contributed by atoms with van der Waals surface area (Å²) in [5.74, 6) is -3.30. The van der Waals surface area contributed by atoms with Crippen LogP contribution < -0.4 is 21.7 Å². The van der Waals surface area contributed by atoms with Crippen LogP contribution in [0.2, 0.25) is 0 Å². The van der Waals surface area contributed by atoms with Crippen molar-refractivity contribution in [3.63, 3.8) is 0 Å². The Labute approximate surface area is 227 Å². The Bertz CT molecular complexity index is 1080. The highest BCUT2D eigenvalue weighted by Gasteiger charge is 2.32. The third kappa shape index (κ3) is 9.38. The van der Waals surface area contributed by atoms with Crippen LogP contribution in [0, 0.1) is 5.92 Å². The van der Waals surface area contributed by atoms with Crippen molar-refractivity contribution in [2.45, 2.75) is 57.3 Å². The summed E-state index contributed by atoms with van der Waals surface area (Å²) in [4.78, 5) is 51.0. The molecule has 3 amide bonds. The van der Waals surface area contributed by atoms with Crippen LogP contribution in [0.1, 0.15) is 31.4 Å². The number of benzene rings is 2. The number of phenols is 1. The number of rotatable bonds is 14. The molecule has 11 heteroatoms. The summed E-state index contributed by atoms with van der Waals surface area (Å²) in [5.41, 5.74) is 7.18. The van der Waals surface area contributed by atoms with Crippen LogP contribution in [-0.4, -0.2) is 63.8 Å². The lowest BCUT2D eigenvalue weighted by molar-refractivity contribution is -0.143. The van der Waals surface area contributed by atoms with Crippen LogP contribution >= 0.6 is 12.6 Å². The molecule has 5 atom stereocenters. The Morgan fingerprint density at radius 1 is 0.842 bits per heavy atom. The first-order chi connectivity index (χ1) is 18.0. The van der Waals surface area contributed by atoms with Crippen LogP contribution in [0.4, 0.5) is 0 Å². The van der Waals surface area contributed by atoms with Gasteiger partial charge in [0, 0.05) is 18.6 Å². The molecule has 0 aromatic heterocycles. The van der Waals surface area contributed by atoms with Crippen molar-refractivity contribution in [3.05, 3.63) is 65.7 Å². The summed E-state index contributed by atoms with van der Waals surface area (Å²) in [5, 5.41) is 27.1. The molecule has 5 unspecified atom stereocenters. The lowest BCUT2D eigenvalue weighted by atomic mass is 9.97. The molecule has 7 N–H and O–H groups in total. The lowest BCUT2D eigenvalue weighted by Crippen LogP contribution is -2.58. The number of thiol groups is 1. The quantitative estimate of drug-likeness (QED) is 0.174. The molecular weight excluding hydrogens is 508 g/mol. The number of nitrogens with one attached hydrogen (secondary N) is 3. The summed E-state index contributed by atoms with van der Waals surface area (Å²) < 4.78 is 0. The summed E-state index contributed by atoms with van der Waals surface area (Å²) in [7, 11) is 0. The maximum atomic E-state index is 13.4. The molecule has 0 bridgehead atoms. The average Bonchev–Trinajstić information content (AvgIpc) is 2.91. The molecule has 0 aliphatic carbocycles. The van der Waals surface area contributed by atoms with Crippen LogP contribution in [-0.2, 0) is 32.0 Å². The number of hydrogen-bond donors (Lipinski definition) is 7. The zero-order valence-electron chi connectivity index (χ0n) is 21.5. The van der Waals surface area contributed by atoms with Gasteiger partial charge in [-0.2, -0.15) is 12.6 Å². The fraction of sp³-hybridized carbons (Fsp3) is 0.407. The number of hydrogen-bond acceptors (Lipinski definition) is 7. The van der Waals surface area contributed by atoms with Crippen molar-refractivity contribution in [2.24, 2.45) is 11.7 Å². The molecule has 0 heterocycles. The zero-order chi connectivity index (χ0) is 28.2. The van der Waals surface area contributed by atoms with Crippen LogP contribution in [0.15, 0.2) is 54.6 Å². The topological polar surface area (TPSA) is 171 Å². The second-order valence-corrected chi connectivity index (χ2v) is 9.55. The van der Waals surface area contributed by atoms with Gasteiger partial charge in [-0.3, -0.25) is 14.4 Å². The number of aromatic hydroxyl groups is 1. The molecule has 2 rings (SSSR count). The molecule has 0 saturated carbocycles. The van der Waals surface area contributed by atoms with E-state index in [0.29, 0.717) is 12.0 Å². The van der Waals surface area contributed by atoms with Gasteiger partial charge in [-0.1, -0.05) is 62.7 Å². The van der Waals surface area contributed by atoms with Crippen molar-refractivity contribution in [1.29, 1.82) is 0 Å². The number of carbonyl (C=O) groups excluding carboxylic acids is 3. The van der Waals surface area contributed by atoms with Gasteiger partial charge in [0.15, 0.2) is 0 Å². The van der Waals surface area contributed by atoms with Gasteiger partial charge in [-0.25, -0.2) is 4.79 Å². The third-order valence-corrected chi connectivity index (χ3v) is 6.63. The van der Waals surface area contributed by atoms with E-state index in [4.69, 9.17) is 5.73 Å². The molecule has 10 nitrogen and oxygen atoms in total. The van der Waals surface area contributed by atoms with Crippen LogP contribution in [0.3, 0.4) is 0 Å². The van der Waals surface area contributed by atoms with Crippen molar-refractivity contribution >= 4 is 36.3 Å². The Hall–Kier alpha value is -3.57. The van der Waals surface area contributed by atoms with E-state index in [1.807, 2.05) is 13.0 Å². The summed E-state index contributed by atoms with van der Waals surface area (Å²) in [6.07, 6.45) is 0.682. The van der Waals surface area contributed by atoms with E-state index in [9.17, 15) is 29.4 Å². The van der Waals surface area contributed by atoms with Gasteiger partial charge in [0.1, 0.15) is 23.9 Å². The molecule has 2 aromatic carbocycles. The van der Waals surface area contributed by atoms with Crippen LogP contribution in [0.25, 0.3) is 0 Å². The highest BCUT2D eigenvalue weighted by molar-refractivity contribution is 7.80. The maximum Gasteiger partial charge on any atom is 0.326 e. The van der Waals surface area contributed by atoms with E-state index >= 15 is 0 Å². The molecule has 206 valence electrons. The van der Waals surface area contributed by atoms with E-state index in [1.165, 1.54) is 12.1 Å². The molecule has 0 aliphatic rings. The minimum absolute atomic E-state index is 0.0461. The van der Waals surface area contributed by atoms with Crippen LogP contribution in [0.5, 0.6) is 5.75 Å². The van der Waals surface area contributed by atoms with Gasteiger partial charge in [-0.15, -0.1) is 0 Å². The van der Waals surface area contributed by atoms with Gasteiger partial charge < -0.3 is 31.9 Å². The van der Waals surface area contributed by atoms with Crippen molar-refractivity contribution in [2.75, 3.05) is 5.75 Å². The van der Waals surface area contributed by atoms with Gasteiger partial charge in [0.05, 0.1) is 6.04 Å². The number of phenolic OH excluding ortho intramolecular Hbond substituents is 1. The second-order valence-electron chi connectivity index (χ2n) is 9.18. The number of amides is 3. The number of carbonyl (C=O) groups is 4. The molecule has 0 radical (unpaired) electrons. The fourth-order valence-electron chi connectivity index (χ4n) is 3.71. The Morgan fingerprint density at radius 3 is 1.84 bits per heavy atom. The number of carboxylic acid groups (broad SMARTS) is 1. The molecule has 0 aliphatic heterocycles. The van der Waals surface area contributed by atoms with E-state index in [0.717, 1.165) is 5.56 Å². The minimum atomic E-state index is -1.17. The highest BCUT2D eigenvalue weighted by atomic mass is 32.1.